The Bertz CT molecular complexity index is 5130. The van der Waals surface area contributed by atoms with Crippen LogP contribution in [0.25, 0.3) is 0 Å². The second kappa shape index (κ2) is 33.2. The molecule has 0 fully saturated rings. The summed E-state index contributed by atoms with van der Waals surface area (Å²) in [4.78, 5) is 66.7. The Balaban J connectivity index is 0.000000241. The van der Waals surface area contributed by atoms with Crippen molar-refractivity contribution in [3.8, 4) is 34.6 Å². The van der Waals surface area contributed by atoms with Crippen LogP contribution in [-0.4, -0.2) is 141 Å². The predicted octanol–water partition coefficient (Wildman–Crippen LogP) is 9.48. The Morgan fingerprint density at radius 3 is 1.47 bits per heavy atom. The quantitative estimate of drug-likeness (QED) is 0.0299. The molecule has 1 aromatic heterocycles. The highest BCUT2D eigenvalue weighted by Crippen LogP contribution is 2.38. The zero-order valence-electron chi connectivity index (χ0n) is 57.8. The van der Waals surface area contributed by atoms with Gasteiger partial charge in [-0.1, -0.05) is 77.3 Å². The minimum Gasteiger partial charge on any atom is -0.495 e. The molecule has 0 saturated heterocycles. The van der Waals surface area contributed by atoms with Gasteiger partial charge in [0.2, 0.25) is 28.1 Å². The number of nitrogens with zero attached hydrogens (tertiary/aromatic N) is 5. The van der Waals surface area contributed by atoms with Crippen LogP contribution in [0, 0.1) is 41.5 Å². The summed E-state index contributed by atoms with van der Waals surface area (Å²) in [5.74, 6) is -2.60. The third-order valence-corrected chi connectivity index (χ3v) is 21.6. The first kappa shape index (κ1) is 77.5. The Morgan fingerprint density at radius 2 is 1.00 bits per heavy atom. The third kappa shape index (κ3) is 19.2. The lowest BCUT2D eigenvalue weighted by Gasteiger charge is -2.33. The second-order valence-electron chi connectivity index (χ2n) is 23.7. The lowest BCUT2D eigenvalue weighted by molar-refractivity contribution is -0.121. The number of benzene rings is 7. The number of sulfonamides is 3. The summed E-state index contributed by atoms with van der Waals surface area (Å²) in [6.07, 6.45) is -1.92. The monoisotopic (exact) mass is 1520 g/mol. The molecular weight excluding hydrogens is 1440 g/mol. The van der Waals surface area contributed by atoms with Gasteiger partial charge in [-0.3, -0.25) is 19.2 Å². The Kier molecular flexibility index (Phi) is 24.8. The maximum absolute atomic E-state index is 14.3. The molecule has 2 aliphatic heterocycles. The normalized spacial score (nSPS) is 14.0. The van der Waals surface area contributed by atoms with Crippen molar-refractivity contribution in [2.45, 2.75) is 83.3 Å². The van der Waals surface area contributed by atoms with Gasteiger partial charge >= 0.3 is 0 Å². The number of carbonyl (C=O) groups excluding carboxylic acids is 4. The number of nitrogens with two attached hydrogens (primary N) is 1. The summed E-state index contributed by atoms with van der Waals surface area (Å²) in [6, 6.07) is 39.7. The molecule has 4 amide bonds. The van der Waals surface area contributed by atoms with E-state index in [0.29, 0.717) is 33.5 Å². The molecule has 10 rings (SSSR count). The lowest BCUT2D eigenvalue weighted by atomic mass is 10.1. The van der Waals surface area contributed by atoms with Crippen LogP contribution in [0.5, 0.6) is 34.6 Å². The van der Waals surface area contributed by atoms with Crippen molar-refractivity contribution < 1.29 is 81.3 Å². The summed E-state index contributed by atoms with van der Waals surface area (Å²) in [5, 5.41) is 10.8. The van der Waals surface area contributed by atoms with Crippen LogP contribution >= 0.6 is 11.6 Å². The molecule has 548 valence electrons. The van der Waals surface area contributed by atoms with Gasteiger partial charge in [0.15, 0.2) is 11.7 Å². The number of hydrogen-bond donors (Lipinski definition) is 5. The highest BCUT2D eigenvalue weighted by atomic mass is 35.5. The van der Waals surface area contributed by atoms with Crippen molar-refractivity contribution in [3.05, 3.63) is 207 Å². The molecule has 0 spiro atoms. The van der Waals surface area contributed by atoms with Crippen molar-refractivity contribution in [2.75, 3.05) is 56.9 Å². The highest BCUT2D eigenvalue weighted by molar-refractivity contribution is 7.90. The van der Waals surface area contributed by atoms with Crippen molar-refractivity contribution in [1.29, 1.82) is 0 Å². The average Bonchev–Trinajstić information content (AvgIpc) is 0.752. The van der Waals surface area contributed by atoms with Gasteiger partial charge in [-0.25, -0.2) is 63.4 Å². The summed E-state index contributed by atoms with van der Waals surface area (Å²) in [6.45, 7) is 12.7. The summed E-state index contributed by atoms with van der Waals surface area (Å²) < 4.78 is 144. The minimum atomic E-state index is -4.32. The molecule has 28 nitrogen and oxygen atoms in total. The smallest absolute Gasteiger partial charge is 0.298 e. The van der Waals surface area contributed by atoms with Crippen molar-refractivity contribution in [1.82, 2.24) is 23.0 Å². The molecule has 104 heavy (non-hydrogen) atoms. The number of amides is 4. The van der Waals surface area contributed by atoms with Crippen molar-refractivity contribution in [3.63, 3.8) is 0 Å². The van der Waals surface area contributed by atoms with Gasteiger partial charge in [0.05, 0.1) is 61.5 Å². The number of fused-ring (bicyclic) bond motifs is 2. The molecule has 2 aliphatic rings. The first-order chi connectivity index (χ1) is 49.3. The number of amidine groups is 2. The summed E-state index contributed by atoms with van der Waals surface area (Å²) in [5.41, 5.74) is 5.99. The second-order valence-corrected chi connectivity index (χ2v) is 31.0. The molecule has 2 atom stereocenters. The number of aryl methyl sites for hydroxylation is 6. The van der Waals surface area contributed by atoms with E-state index in [1.54, 1.807) is 60.2 Å². The maximum Gasteiger partial charge on any atom is 0.298 e. The van der Waals surface area contributed by atoms with Crippen LogP contribution in [0.4, 0.5) is 22.7 Å². The molecule has 6 N–H and O–H groups in total. The summed E-state index contributed by atoms with van der Waals surface area (Å²) >= 11 is 6.29. The Hall–Kier alpha value is -10.6. The van der Waals surface area contributed by atoms with Crippen LogP contribution < -0.4 is 53.6 Å². The fraction of sp³-hybridized carbons (Fsp3) is 0.254. The zero-order valence-corrected chi connectivity index (χ0v) is 61.8. The Labute approximate surface area is 607 Å². The standard InChI is InChI=1S/C36H38ClN5O9S2.C35H37N5O9S2/c1-6-52(45,46)41-35(43)25-13-15-32(38-21-25)51-33(36(44)40-28-19-23(3)26(37)20-30(28)49-5)34-39-27-10-7-8-11-31(27)53(47,48)42(34)16-9-17-50-29-14-12-22(2)18-24(29)4;1-22-10-16-29(24(3)20-22)48-19-7-18-40-33(37-27-8-5-6-9-31(27)50(40,43)44)32(35(42)38-28-21-23(2)11-17-30(28)47-4)49-26-14-12-25(13-15-26)34(41)39-51(36,45)46/h7-8,10-15,18-21,33H,6,9,16-17H2,1-5H3,(H,40,44)(H,41,43);5-6,8-17,20-21,32H,7,18-19H2,1-4H3,(H,38,42)(H,39,41)(H2,36,45,46). The number of nitrogens with one attached hydrogen (secondary N) is 4. The number of para-hydroxylation sites is 2. The number of ether oxygens (including phenoxy) is 6. The molecule has 0 aliphatic carbocycles. The van der Waals surface area contributed by atoms with E-state index >= 15 is 0 Å². The van der Waals surface area contributed by atoms with Crippen LogP contribution in [-0.2, 0) is 49.9 Å². The van der Waals surface area contributed by atoms with E-state index < -0.39 is 76.1 Å². The summed E-state index contributed by atoms with van der Waals surface area (Å²) in [7, 11) is -13.9. The van der Waals surface area contributed by atoms with E-state index in [-0.39, 0.29) is 112 Å². The van der Waals surface area contributed by atoms with Crippen LogP contribution in [0.15, 0.2) is 178 Å². The SMILES string of the molecule is CCS(=O)(=O)NC(=O)c1ccc(OC(C(=O)Nc2cc(C)c(Cl)cc2OC)C2=Nc3ccccc3S(=O)(=O)N2CCCOc2ccc(C)cc2C)nc1.COc1ccc(C)cc1NC(=O)C(Oc1ccc(C(=O)NS(N)(=O)=O)cc1)C1=Nc2ccccc2S(=O)(=O)N1CCCOc1ccc(C)cc1C. The predicted molar refractivity (Wildman–Crippen MR) is 392 cm³/mol. The fourth-order valence-electron chi connectivity index (χ4n) is 10.6. The van der Waals surface area contributed by atoms with Gasteiger partial charge < -0.3 is 39.1 Å². The van der Waals surface area contributed by atoms with E-state index in [0.717, 1.165) is 42.6 Å². The van der Waals surface area contributed by atoms with E-state index in [1.807, 2.05) is 75.7 Å². The molecule has 2 unspecified atom stereocenters. The molecule has 0 saturated carbocycles. The Morgan fingerprint density at radius 1 is 0.538 bits per heavy atom. The topological polar surface area (TPSA) is 378 Å². The van der Waals surface area contributed by atoms with Gasteiger partial charge in [0.1, 0.15) is 38.5 Å². The van der Waals surface area contributed by atoms with Gasteiger partial charge in [0, 0.05) is 54.8 Å². The van der Waals surface area contributed by atoms with Gasteiger partial charge in [-0.2, -0.15) is 8.42 Å². The molecule has 8 aromatic rings. The number of methoxy groups -OCH3 is 2. The molecule has 0 radical (unpaired) electrons. The first-order valence-electron chi connectivity index (χ1n) is 32.0. The number of aliphatic imine (C=N–C) groups is 2. The molecule has 0 bridgehead atoms. The first-order valence-corrected chi connectivity index (χ1v) is 38.5. The number of halogens is 1. The number of hydrogen-bond acceptors (Lipinski definition) is 21. The number of pyridine rings is 1. The van der Waals surface area contributed by atoms with E-state index in [2.05, 4.69) is 25.6 Å². The number of carbonyl (C=O) groups is 4. The largest absolute Gasteiger partial charge is 0.495 e. The average molecular weight is 1520 g/mol. The van der Waals surface area contributed by atoms with E-state index in [9.17, 15) is 52.8 Å². The van der Waals surface area contributed by atoms with E-state index in [4.69, 9.17) is 45.2 Å². The zero-order chi connectivity index (χ0) is 75.4. The fourth-order valence-corrected chi connectivity index (χ4v) is 14.9. The number of rotatable bonds is 27. The molecule has 7 aromatic carbocycles. The maximum atomic E-state index is 14.3. The molecular formula is C71H75ClN10O18S4. The van der Waals surface area contributed by atoms with Crippen LogP contribution in [0.1, 0.15) is 73.9 Å². The number of aromatic nitrogens is 1. The highest BCUT2D eigenvalue weighted by Gasteiger charge is 2.44. The molecule has 3 heterocycles. The van der Waals surface area contributed by atoms with Gasteiger partial charge in [-0.05, 0) is 156 Å². The van der Waals surface area contributed by atoms with Crippen LogP contribution in [0.3, 0.4) is 0 Å². The minimum absolute atomic E-state index is 0.0376. The van der Waals surface area contributed by atoms with Gasteiger partial charge in [0.25, 0.3) is 53.9 Å². The lowest BCUT2D eigenvalue weighted by Crippen LogP contribution is -2.52. The van der Waals surface area contributed by atoms with E-state index in [1.165, 1.54) is 87.9 Å². The van der Waals surface area contributed by atoms with Crippen LogP contribution in [0.2, 0.25) is 5.02 Å². The third-order valence-electron chi connectivity index (χ3n) is 15.8. The van der Waals surface area contributed by atoms with Crippen molar-refractivity contribution in [2.24, 2.45) is 15.1 Å². The molecule has 33 heteroatoms. The number of anilines is 2. The van der Waals surface area contributed by atoms with Crippen molar-refractivity contribution >= 4 is 110 Å². The van der Waals surface area contributed by atoms with Gasteiger partial charge in [-0.15, -0.1) is 0 Å².